The second-order valence-corrected chi connectivity index (χ2v) is 4.63. The highest BCUT2D eigenvalue weighted by Gasteiger charge is 2.32. The molecule has 0 unspecified atom stereocenters. The fourth-order valence-electron chi connectivity index (χ4n) is 2.02. The van der Waals surface area contributed by atoms with Gasteiger partial charge in [0.15, 0.2) is 0 Å². The van der Waals surface area contributed by atoms with Crippen molar-refractivity contribution in [1.29, 1.82) is 0 Å². The number of nitrogens with two attached hydrogens (primary N) is 1. The lowest BCUT2D eigenvalue weighted by Crippen LogP contribution is -2.35. The number of hydrogen-bond donors (Lipinski definition) is 1. The van der Waals surface area contributed by atoms with Crippen molar-refractivity contribution in [3.63, 3.8) is 0 Å². The summed E-state index contributed by atoms with van der Waals surface area (Å²) in [6, 6.07) is 7.95. The van der Waals surface area contributed by atoms with E-state index >= 15 is 0 Å². The first kappa shape index (κ1) is 13.1. The number of carbonyl (C=O) groups excluding carboxylic acids is 1. The summed E-state index contributed by atoms with van der Waals surface area (Å²) in [7, 11) is 1.66. The smallest absolute Gasteiger partial charge is 0.254 e. The van der Waals surface area contributed by atoms with Crippen LogP contribution in [0.1, 0.15) is 28.8 Å². The maximum absolute atomic E-state index is 12.4. The second kappa shape index (κ2) is 5.98. The molecule has 1 aromatic rings. The van der Waals surface area contributed by atoms with Gasteiger partial charge in [0.05, 0.1) is 6.61 Å². The molecule has 2 rings (SSSR count). The van der Waals surface area contributed by atoms with E-state index in [9.17, 15) is 4.79 Å². The second-order valence-electron chi connectivity index (χ2n) is 4.63. The summed E-state index contributed by atoms with van der Waals surface area (Å²) in [6.07, 6.45) is 2.21. The monoisotopic (exact) mass is 248 g/mol. The number of ether oxygens (including phenoxy) is 1. The number of nitrogens with zero attached hydrogens (tertiary/aromatic N) is 1. The summed E-state index contributed by atoms with van der Waals surface area (Å²) in [5.74, 6) is 0.0878. The van der Waals surface area contributed by atoms with Crippen LogP contribution in [-0.4, -0.2) is 37.1 Å². The summed E-state index contributed by atoms with van der Waals surface area (Å²) in [6.45, 7) is 1.70. The molecule has 0 aliphatic heterocycles. The zero-order chi connectivity index (χ0) is 13.0. The van der Waals surface area contributed by atoms with Crippen LogP contribution >= 0.6 is 0 Å². The van der Waals surface area contributed by atoms with Gasteiger partial charge in [0.1, 0.15) is 0 Å². The van der Waals surface area contributed by atoms with Crippen LogP contribution in [0.3, 0.4) is 0 Å². The fraction of sp³-hybridized carbons (Fsp3) is 0.500. The van der Waals surface area contributed by atoms with Gasteiger partial charge in [-0.3, -0.25) is 4.79 Å². The Bertz CT molecular complexity index is 416. The fourth-order valence-corrected chi connectivity index (χ4v) is 2.02. The zero-order valence-corrected chi connectivity index (χ0v) is 10.8. The topological polar surface area (TPSA) is 55.6 Å². The molecule has 2 N–H and O–H groups in total. The first-order chi connectivity index (χ1) is 8.76. The van der Waals surface area contributed by atoms with Crippen LogP contribution in [0.15, 0.2) is 24.3 Å². The largest absolute Gasteiger partial charge is 0.383 e. The van der Waals surface area contributed by atoms with E-state index < -0.39 is 0 Å². The summed E-state index contributed by atoms with van der Waals surface area (Å²) in [5, 5.41) is 0. The Balaban J connectivity index is 2.11. The normalized spacial score (nSPS) is 14.6. The van der Waals surface area contributed by atoms with Crippen molar-refractivity contribution in [2.75, 3.05) is 20.3 Å². The van der Waals surface area contributed by atoms with Crippen molar-refractivity contribution in [1.82, 2.24) is 4.90 Å². The third-order valence-electron chi connectivity index (χ3n) is 3.19. The number of hydrogen-bond acceptors (Lipinski definition) is 3. The molecule has 0 bridgehead atoms. The van der Waals surface area contributed by atoms with E-state index in [0.29, 0.717) is 25.7 Å². The average molecular weight is 248 g/mol. The Hall–Kier alpha value is -1.39. The minimum atomic E-state index is 0.0878. The first-order valence-electron chi connectivity index (χ1n) is 6.35. The van der Waals surface area contributed by atoms with E-state index in [-0.39, 0.29) is 5.91 Å². The third kappa shape index (κ3) is 3.09. The molecule has 4 nitrogen and oxygen atoms in total. The van der Waals surface area contributed by atoms with Gasteiger partial charge in [0, 0.05) is 31.8 Å². The summed E-state index contributed by atoms with van der Waals surface area (Å²) in [4.78, 5) is 14.3. The number of methoxy groups -OCH3 is 1. The molecule has 0 atom stereocenters. The Morgan fingerprint density at radius 3 is 2.89 bits per heavy atom. The lowest BCUT2D eigenvalue weighted by Gasteiger charge is -2.22. The molecule has 1 amide bonds. The van der Waals surface area contributed by atoms with Gasteiger partial charge in [-0.05, 0) is 30.5 Å². The number of benzene rings is 1. The molecule has 0 radical (unpaired) electrons. The first-order valence-corrected chi connectivity index (χ1v) is 6.35. The molecular formula is C14H20N2O2. The van der Waals surface area contributed by atoms with Gasteiger partial charge >= 0.3 is 0 Å². The van der Waals surface area contributed by atoms with Gasteiger partial charge < -0.3 is 15.4 Å². The maximum Gasteiger partial charge on any atom is 0.254 e. The third-order valence-corrected chi connectivity index (χ3v) is 3.19. The Morgan fingerprint density at radius 1 is 1.50 bits per heavy atom. The molecule has 98 valence electrons. The van der Waals surface area contributed by atoms with Crippen molar-refractivity contribution < 1.29 is 9.53 Å². The molecule has 1 fully saturated rings. The molecule has 0 aromatic heterocycles. The van der Waals surface area contributed by atoms with Crippen molar-refractivity contribution in [3.8, 4) is 0 Å². The molecule has 0 spiro atoms. The molecule has 1 aliphatic rings. The van der Waals surface area contributed by atoms with Crippen molar-refractivity contribution >= 4 is 5.91 Å². The van der Waals surface area contributed by atoms with Gasteiger partial charge in [-0.1, -0.05) is 12.1 Å². The van der Waals surface area contributed by atoms with Gasteiger partial charge in [-0.25, -0.2) is 0 Å². The predicted molar refractivity (Wildman–Crippen MR) is 70.3 cm³/mol. The van der Waals surface area contributed by atoms with Gasteiger partial charge in [-0.15, -0.1) is 0 Å². The van der Waals surface area contributed by atoms with Crippen LogP contribution < -0.4 is 5.73 Å². The number of amides is 1. The molecule has 4 heteroatoms. The van der Waals surface area contributed by atoms with Crippen LogP contribution in [0.5, 0.6) is 0 Å². The minimum Gasteiger partial charge on any atom is -0.383 e. The summed E-state index contributed by atoms with van der Waals surface area (Å²) >= 11 is 0. The molecule has 1 aromatic carbocycles. The standard InChI is InChI=1S/C14H20N2O2/c1-18-8-7-16(13-5-6-13)14(17)12-4-2-3-11(9-12)10-15/h2-4,9,13H,5-8,10,15H2,1H3. The van der Waals surface area contributed by atoms with E-state index in [1.165, 1.54) is 0 Å². The highest BCUT2D eigenvalue weighted by molar-refractivity contribution is 5.94. The van der Waals surface area contributed by atoms with Crippen LogP contribution in [-0.2, 0) is 11.3 Å². The van der Waals surface area contributed by atoms with Crippen molar-refractivity contribution in [3.05, 3.63) is 35.4 Å². The lowest BCUT2D eigenvalue weighted by molar-refractivity contribution is 0.0680. The van der Waals surface area contributed by atoms with E-state index in [4.69, 9.17) is 10.5 Å². The number of rotatable bonds is 6. The maximum atomic E-state index is 12.4. The highest BCUT2D eigenvalue weighted by Crippen LogP contribution is 2.28. The predicted octanol–water partition coefficient (Wildman–Crippen LogP) is 1.40. The minimum absolute atomic E-state index is 0.0878. The molecule has 1 aliphatic carbocycles. The lowest BCUT2D eigenvalue weighted by atomic mass is 10.1. The quantitative estimate of drug-likeness (QED) is 0.828. The SMILES string of the molecule is COCCN(C(=O)c1cccc(CN)c1)C1CC1. The zero-order valence-electron chi connectivity index (χ0n) is 10.8. The van der Waals surface area contributed by atoms with E-state index in [2.05, 4.69) is 0 Å². The Morgan fingerprint density at radius 2 is 2.28 bits per heavy atom. The molecular weight excluding hydrogens is 228 g/mol. The van der Waals surface area contributed by atoms with E-state index in [0.717, 1.165) is 24.0 Å². The van der Waals surface area contributed by atoms with Crippen LogP contribution in [0.2, 0.25) is 0 Å². The van der Waals surface area contributed by atoms with E-state index in [1.807, 2.05) is 29.2 Å². The molecule has 0 saturated heterocycles. The summed E-state index contributed by atoms with van der Waals surface area (Å²) < 4.78 is 5.07. The van der Waals surface area contributed by atoms with Gasteiger partial charge in [0.25, 0.3) is 5.91 Å². The Kier molecular flexibility index (Phi) is 4.33. The van der Waals surface area contributed by atoms with E-state index in [1.54, 1.807) is 7.11 Å². The van der Waals surface area contributed by atoms with Crippen molar-refractivity contribution in [2.45, 2.75) is 25.4 Å². The van der Waals surface area contributed by atoms with Crippen LogP contribution in [0, 0.1) is 0 Å². The van der Waals surface area contributed by atoms with Gasteiger partial charge in [-0.2, -0.15) is 0 Å². The number of carbonyl (C=O) groups is 1. The van der Waals surface area contributed by atoms with Gasteiger partial charge in [0.2, 0.25) is 0 Å². The molecule has 1 saturated carbocycles. The Labute approximate surface area is 108 Å². The molecule has 0 heterocycles. The summed E-state index contributed by atoms with van der Waals surface area (Å²) in [5.41, 5.74) is 7.31. The van der Waals surface area contributed by atoms with Crippen LogP contribution in [0.25, 0.3) is 0 Å². The van der Waals surface area contributed by atoms with Crippen LogP contribution in [0.4, 0.5) is 0 Å². The molecule has 18 heavy (non-hydrogen) atoms. The average Bonchev–Trinajstić information content (AvgIpc) is 3.23. The van der Waals surface area contributed by atoms with Crippen molar-refractivity contribution in [2.24, 2.45) is 5.73 Å². The highest BCUT2D eigenvalue weighted by atomic mass is 16.5.